The minimum atomic E-state index is -0.310. The molecule has 1 atom stereocenters. The van der Waals surface area contributed by atoms with E-state index < -0.39 is 0 Å². The highest BCUT2D eigenvalue weighted by molar-refractivity contribution is 5.67. The summed E-state index contributed by atoms with van der Waals surface area (Å²) in [5.41, 5.74) is 2.07. The number of nitrogens with zero attached hydrogens (tertiary/aromatic N) is 2. The third kappa shape index (κ3) is 3.06. The zero-order valence-corrected chi connectivity index (χ0v) is 11.9. The average molecular weight is 282 g/mol. The van der Waals surface area contributed by atoms with Crippen molar-refractivity contribution in [2.75, 3.05) is 0 Å². The molecule has 0 aliphatic rings. The zero-order valence-electron chi connectivity index (χ0n) is 11.9. The summed E-state index contributed by atoms with van der Waals surface area (Å²) < 4.78 is 7.50. The van der Waals surface area contributed by atoms with Gasteiger partial charge in [-0.15, -0.1) is 0 Å². The van der Waals surface area contributed by atoms with Crippen molar-refractivity contribution < 1.29 is 9.52 Å². The van der Waals surface area contributed by atoms with Crippen LogP contribution >= 0.6 is 0 Å². The summed E-state index contributed by atoms with van der Waals surface area (Å²) in [6.45, 7) is 2.55. The molecule has 4 heteroatoms. The van der Waals surface area contributed by atoms with Gasteiger partial charge in [-0.1, -0.05) is 18.2 Å². The first-order chi connectivity index (χ1) is 10.2. The highest BCUT2D eigenvalue weighted by Crippen LogP contribution is 2.26. The third-order valence-electron chi connectivity index (χ3n) is 3.43. The first kappa shape index (κ1) is 13.6. The van der Waals surface area contributed by atoms with Crippen LogP contribution in [-0.2, 0) is 6.54 Å². The number of aromatic nitrogens is 2. The van der Waals surface area contributed by atoms with Crippen LogP contribution in [0.25, 0.3) is 22.7 Å². The number of rotatable bonds is 5. The number of aliphatic hydroxyl groups is 1. The van der Waals surface area contributed by atoms with Crippen molar-refractivity contribution in [2.45, 2.75) is 26.0 Å². The minimum absolute atomic E-state index is 0.310. The van der Waals surface area contributed by atoms with E-state index in [1.54, 1.807) is 19.4 Å². The van der Waals surface area contributed by atoms with E-state index in [0.717, 1.165) is 29.3 Å². The van der Waals surface area contributed by atoms with Gasteiger partial charge in [0, 0.05) is 30.1 Å². The molecule has 0 saturated carbocycles. The van der Waals surface area contributed by atoms with Gasteiger partial charge in [-0.3, -0.25) is 0 Å². The van der Waals surface area contributed by atoms with Crippen molar-refractivity contribution in [1.82, 2.24) is 9.55 Å². The van der Waals surface area contributed by atoms with Crippen LogP contribution < -0.4 is 0 Å². The molecular weight excluding hydrogens is 264 g/mol. The standard InChI is InChI=1S/C17H18N2O2/c1-13(20)7-9-19-10-8-18-17(19)15-5-2-4-14(12-15)16-6-3-11-21-16/h2-6,8,10-13,20H,7,9H2,1H3/t13-/m0/s1. The van der Waals surface area contributed by atoms with Gasteiger partial charge in [-0.2, -0.15) is 0 Å². The third-order valence-corrected chi connectivity index (χ3v) is 3.43. The predicted octanol–water partition coefficient (Wildman–Crippen LogP) is 3.58. The Morgan fingerprint density at radius 2 is 2.10 bits per heavy atom. The lowest BCUT2D eigenvalue weighted by molar-refractivity contribution is 0.178. The molecule has 0 fully saturated rings. The quantitative estimate of drug-likeness (QED) is 0.778. The van der Waals surface area contributed by atoms with Gasteiger partial charge in [-0.05, 0) is 31.5 Å². The number of hydrogen-bond donors (Lipinski definition) is 1. The fraction of sp³-hybridized carbons (Fsp3) is 0.235. The number of hydrogen-bond acceptors (Lipinski definition) is 3. The minimum Gasteiger partial charge on any atom is -0.464 e. The number of imidazole rings is 1. The van der Waals surface area contributed by atoms with E-state index in [-0.39, 0.29) is 6.10 Å². The maximum absolute atomic E-state index is 9.44. The highest BCUT2D eigenvalue weighted by atomic mass is 16.3. The molecule has 4 nitrogen and oxygen atoms in total. The largest absolute Gasteiger partial charge is 0.464 e. The second kappa shape index (κ2) is 5.97. The van der Waals surface area contributed by atoms with Crippen molar-refractivity contribution in [3.63, 3.8) is 0 Å². The van der Waals surface area contributed by atoms with Crippen LogP contribution in [0.2, 0.25) is 0 Å². The molecule has 0 spiro atoms. The number of furan rings is 1. The number of aliphatic hydroxyl groups excluding tert-OH is 1. The van der Waals surface area contributed by atoms with Gasteiger partial charge in [-0.25, -0.2) is 4.98 Å². The molecule has 0 aliphatic carbocycles. The molecule has 2 heterocycles. The first-order valence-electron chi connectivity index (χ1n) is 7.07. The Morgan fingerprint density at radius 1 is 1.24 bits per heavy atom. The number of benzene rings is 1. The van der Waals surface area contributed by atoms with Crippen LogP contribution in [0.4, 0.5) is 0 Å². The van der Waals surface area contributed by atoms with E-state index in [4.69, 9.17) is 4.42 Å². The van der Waals surface area contributed by atoms with Crippen LogP contribution in [0.3, 0.4) is 0 Å². The molecule has 3 rings (SSSR count). The molecule has 0 unspecified atom stereocenters. The maximum Gasteiger partial charge on any atom is 0.139 e. The van der Waals surface area contributed by atoms with E-state index >= 15 is 0 Å². The van der Waals surface area contributed by atoms with Gasteiger partial charge in [0.15, 0.2) is 0 Å². The molecule has 0 aliphatic heterocycles. The Balaban J connectivity index is 1.91. The zero-order chi connectivity index (χ0) is 14.7. The normalized spacial score (nSPS) is 12.5. The van der Waals surface area contributed by atoms with Crippen molar-refractivity contribution >= 4 is 0 Å². The van der Waals surface area contributed by atoms with Gasteiger partial charge >= 0.3 is 0 Å². The van der Waals surface area contributed by atoms with E-state index in [1.807, 2.05) is 36.5 Å². The summed E-state index contributed by atoms with van der Waals surface area (Å²) in [5, 5.41) is 9.44. The Hall–Kier alpha value is -2.33. The lowest BCUT2D eigenvalue weighted by Crippen LogP contribution is -2.07. The SMILES string of the molecule is C[C@H](O)CCn1ccnc1-c1cccc(-c2ccco2)c1. The van der Waals surface area contributed by atoms with Crippen molar-refractivity contribution in [3.05, 3.63) is 55.1 Å². The van der Waals surface area contributed by atoms with Gasteiger partial charge in [0.1, 0.15) is 11.6 Å². The van der Waals surface area contributed by atoms with Crippen LogP contribution in [0, 0.1) is 0 Å². The first-order valence-corrected chi connectivity index (χ1v) is 7.07. The smallest absolute Gasteiger partial charge is 0.139 e. The van der Waals surface area contributed by atoms with Crippen LogP contribution in [0.5, 0.6) is 0 Å². The summed E-state index contributed by atoms with van der Waals surface area (Å²) in [6.07, 6.45) is 5.80. The summed E-state index contributed by atoms with van der Waals surface area (Å²) in [7, 11) is 0. The second-order valence-corrected chi connectivity index (χ2v) is 5.14. The maximum atomic E-state index is 9.44. The molecule has 21 heavy (non-hydrogen) atoms. The average Bonchev–Trinajstić information content (AvgIpc) is 3.16. The van der Waals surface area contributed by atoms with E-state index in [2.05, 4.69) is 15.6 Å². The molecular formula is C17H18N2O2. The molecule has 3 aromatic rings. The topological polar surface area (TPSA) is 51.2 Å². The molecule has 0 amide bonds. The van der Waals surface area contributed by atoms with E-state index in [1.165, 1.54) is 0 Å². The number of aryl methyl sites for hydroxylation is 1. The van der Waals surface area contributed by atoms with Gasteiger partial charge in [0.05, 0.1) is 12.4 Å². The van der Waals surface area contributed by atoms with E-state index in [9.17, 15) is 5.11 Å². The Labute approximate surface area is 123 Å². The van der Waals surface area contributed by atoms with Crippen LogP contribution in [0.1, 0.15) is 13.3 Å². The molecule has 108 valence electrons. The van der Waals surface area contributed by atoms with E-state index in [0.29, 0.717) is 6.42 Å². The molecule has 0 radical (unpaired) electrons. The molecule has 0 bridgehead atoms. The van der Waals surface area contributed by atoms with Gasteiger partial charge in [0.25, 0.3) is 0 Å². The van der Waals surface area contributed by atoms with Crippen molar-refractivity contribution in [2.24, 2.45) is 0 Å². The van der Waals surface area contributed by atoms with Gasteiger partial charge < -0.3 is 14.1 Å². The Bertz CT molecular complexity index is 699. The summed E-state index contributed by atoms with van der Waals surface area (Å²) in [4.78, 5) is 4.44. The van der Waals surface area contributed by atoms with Crippen LogP contribution in [-0.4, -0.2) is 20.8 Å². The fourth-order valence-electron chi connectivity index (χ4n) is 2.33. The highest BCUT2D eigenvalue weighted by Gasteiger charge is 2.09. The van der Waals surface area contributed by atoms with Crippen molar-refractivity contribution in [3.8, 4) is 22.7 Å². The Kier molecular flexibility index (Phi) is 3.88. The Morgan fingerprint density at radius 3 is 2.86 bits per heavy atom. The molecule has 1 aromatic carbocycles. The molecule has 2 aromatic heterocycles. The molecule has 0 saturated heterocycles. The lowest BCUT2D eigenvalue weighted by atomic mass is 10.1. The van der Waals surface area contributed by atoms with Crippen LogP contribution in [0.15, 0.2) is 59.5 Å². The summed E-state index contributed by atoms with van der Waals surface area (Å²) in [5.74, 6) is 1.75. The lowest BCUT2D eigenvalue weighted by Gasteiger charge is -2.10. The predicted molar refractivity (Wildman–Crippen MR) is 81.7 cm³/mol. The summed E-state index contributed by atoms with van der Waals surface area (Å²) >= 11 is 0. The van der Waals surface area contributed by atoms with Gasteiger partial charge in [0.2, 0.25) is 0 Å². The molecule has 1 N–H and O–H groups in total. The van der Waals surface area contributed by atoms with Crippen molar-refractivity contribution in [1.29, 1.82) is 0 Å². The monoisotopic (exact) mass is 282 g/mol. The second-order valence-electron chi connectivity index (χ2n) is 5.14. The summed E-state index contributed by atoms with van der Waals surface area (Å²) in [6, 6.07) is 11.9. The fourth-order valence-corrected chi connectivity index (χ4v) is 2.33.